The second-order valence-electron chi connectivity index (χ2n) is 6.97. The molecule has 23 heavy (non-hydrogen) atoms. The molecule has 1 aromatic carbocycles. The highest BCUT2D eigenvalue weighted by Crippen LogP contribution is 2.23. The Kier molecular flexibility index (Phi) is 4.63. The van der Waals surface area contributed by atoms with Crippen LogP contribution in [0.25, 0.3) is 0 Å². The molecule has 1 N–H and O–H groups in total. The van der Waals surface area contributed by atoms with Crippen LogP contribution in [-0.4, -0.2) is 41.5 Å². The van der Waals surface area contributed by atoms with E-state index in [1.54, 1.807) is 26.0 Å². The molecule has 0 aromatic heterocycles. The van der Waals surface area contributed by atoms with Crippen LogP contribution in [0.3, 0.4) is 0 Å². The maximum atomic E-state index is 13.7. The van der Waals surface area contributed by atoms with Crippen LogP contribution >= 0.6 is 0 Å². The van der Waals surface area contributed by atoms with Gasteiger partial charge in [0.25, 0.3) is 0 Å². The van der Waals surface area contributed by atoms with Gasteiger partial charge in [-0.25, -0.2) is 9.18 Å². The SMILES string of the molecule is Cc1ccc(N2CCN(C(=O)NC(C)(C)C)[C@H](C)C2=O)cc1F. The predicted octanol–water partition coefficient (Wildman–Crippen LogP) is 2.68. The summed E-state index contributed by atoms with van der Waals surface area (Å²) in [7, 11) is 0. The van der Waals surface area contributed by atoms with E-state index in [2.05, 4.69) is 5.32 Å². The zero-order chi connectivity index (χ0) is 17.4. The maximum absolute atomic E-state index is 13.7. The first kappa shape index (κ1) is 17.2. The van der Waals surface area contributed by atoms with Gasteiger partial charge in [-0.15, -0.1) is 0 Å². The molecular weight excluding hydrogens is 297 g/mol. The Morgan fingerprint density at radius 1 is 1.30 bits per heavy atom. The van der Waals surface area contributed by atoms with Gasteiger partial charge >= 0.3 is 6.03 Å². The van der Waals surface area contributed by atoms with Gasteiger partial charge in [-0.1, -0.05) is 6.07 Å². The van der Waals surface area contributed by atoms with Crippen molar-refractivity contribution in [1.82, 2.24) is 10.2 Å². The summed E-state index contributed by atoms with van der Waals surface area (Å²) in [5.74, 6) is -0.542. The lowest BCUT2D eigenvalue weighted by Gasteiger charge is -2.40. The Labute approximate surface area is 136 Å². The van der Waals surface area contributed by atoms with Crippen molar-refractivity contribution in [2.45, 2.75) is 46.2 Å². The third-order valence-electron chi connectivity index (χ3n) is 3.87. The fraction of sp³-hybridized carbons (Fsp3) is 0.529. The van der Waals surface area contributed by atoms with Gasteiger partial charge in [-0.3, -0.25) is 4.79 Å². The van der Waals surface area contributed by atoms with Gasteiger partial charge in [0.15, 0.2) is 0 Å². The topological polar surface area (TPSA) is 52.6 Å². The first-order chi connectivity index (χ1) is 10.6. The van der Waals surface area contributed by atoms with Gasteiger partial charge in [-0.05, 0) is 52.3 Å². The number of halogens is 1. The summed E-state index contributed by atoms with van der Waals surface area (Å²) >= 11 is 0. The third kappa shape index (κ3) is 3.81. The largest absolute Gasteiger partial charge is 0.333 e. The van der Waals surface area contributed by atoms with E-state index in [-0.39, 0.29) is 23.3 Å². The Balaban J connectivity index is 2.15. The molecule has 3 amide bonds. The first-order valence-corrected chi connectivity index (χ1v) is 7.76. The number of urea groups is 1. The monoisotopic (exact) mass is 321 g/mol. The molecule has 0 radical (unpaired) electrons. The van der Waals surface area contributed by atoms with E-state index in [1.165, 1.54) is 15.9 Å². The Morgan fingerprint density at radius 3 is 2.52 bits per heavy atom. The zero-order valence-corrected chi connectivity index (χ0v) is 14.3. The van der Waals surface area contributed by atoms with Gasteiger partial charge < -0.3 is 15.1 Å². The van der Waals surface area contributed by atoms with Crippen molar-refractivity contribution in [2.75, 3.05) is 18.0 Å². The van der Waals surface area contributed by atoms with Crippen LogP contribution in [0.4, 0.5) is 14.9 Å². The number of hydrogen-bond acceptors (Lipinski definition) is 2. The Bertz CT molecular complexity index is 625. The van der Waals surface area contributed by atoms with Crippen LogP contribution in [-0.2, 0) is 4.79 Å². The summed E-state index contributed by atoms with van der Waals surface area (Å²) in [6.07, 6.45) is 0. The fourth-order valence-electron chi connectivity index (χ4n) is 2.55. The number of carbonyl (C=O) groups excluding carboxylic acids is 2. The second-order valence-corrected chi connectivity index (χ2v) is 6.97. The number of rotatable bonds is 1. The van der Waals surface area contributed by atoms with Gasteiger partial charge in [0.05, 0.1) is 0 Å². The van der Waals surface area contributed by atoms with Crippen molar-refractivity contribution in [1.29, 1.82) is 0 Å². The quantitative estimate of drug-likeness (QED) is 0.864. The summed E-state index contributed by atoms with van der Waals surface area (Å²) < 4.78 is 13.7. The molecule has 0 aliphatic carbocycles. The molecular formula is C17H24FN3O2. The van der Waals surface area contributed by atoms with Crippen molar-refractivity contribution >= 4 is 17.6 Å². The van der Waals surface area contributed by atoms with E-state index in [9.17, 15) is 14.0 Å². The molecule has 1 heterocycles. The van der Waals surface area contributed by atoms with E-state index in [0.717, 1.165) is 0 Å². The minimum absolute atomic E-state index is 0.205. The van der Waals surface area contributed by atoms with Gasteiger partial charge in [0.2, 0.25) is 5.91 Å². The van der Waals surface area contributed by atoms with Gasteiger partial charge in [0, 0.05) is 24.3 Å². The third-order valence-corrected chi connectivity index (χ3v) is 3.87. The van der Waals surface area contributed by atoms with Crippen molar-refractivity contribution in [3.8, 4) is 0 Å². The highest BCUT2D eigenvalue weighted by atomic mass is 19.1. The molecule has 0 bridgehead atoms. The number of piperazine rings is 1. The van der Waals surface area contributed by atoms with Crippen LogP contribution in [0.1, 0.15) is 33.3 Å². The average Bonchev–Trinajstić information content (AvgIpc) is 2.43. The van der Waals surface area contributed by atoms with Gasteiger partial charge in [0.1, 0.15) is 11.9 Å². The predicted molar refractivity (Wildman–Crippen MR) is 87.9 cm³/mol. The molecule has 0 unspecified atom stereocenters. The fourth-order valence-corrected chi connectivity index (χ4v) is 2.55. The van der Waals surface area contributed by atoms with Crippen molar-refractivity contribution in [3.63, 3.8) is 0 Å². The summed E-state index contributed by atoms with van der Waals surface area (Å²) in [6.45, 7) is 9.81. The molecule has 1 saturated heterocycles. The Morgan fingerprint density at radius 2 is 1.96 bits per heavy atom. The average molecular weight is 321 g/mol. The number of carbonyl (C=O) groups is 2. The number of anilines is 1. The molecule has 2 rings (SSSR count). The summed E-state index contributed by atoms with van der Waals surface area (Å²) in [5, 5.41) is 2.87. The Hall–Kier alpha value is -2.11. The van der Waals surface area contributed by atoms with Crippen molar-refractivity contribution in [2.24, 2.45) is 0 Å². The van der Waals surface area contributed by atoms with Crippen LogP contribution in [0.2, 0.25) is 0 Å². The van der Waals surface area contributed by atoms with Crippen LogP contribution in [0, 0.1) is 12.7 Å². The number of nitrogens with zero attached hydrogens (tertiary/aromatic N) is 2. The standard InChI is InChI=1S/C17H24FN3O2/c1-11-6-7-13(10-14(11)18)21-9-8-20(12(2)15(21)22)16(23)19-17(3,4)5/h6-7,10,12H,8-9H2,1-5H3,(H,19,23)/t12-/m1/s1. The van der Waals surface area contributed by atoms with E-state index in [1.807, 2.05) is 20.8 Å². The maximum Gasteiger partial charge on any atom is 0.318 e. The van der Waals surface area contributed by atoms with Crippen molar-refractivity contribution < 1.29 is 14.0 Å². The molecule has 1 aromatic rings. The van der Waals surface area contributed by atoms with E-state index < -0.39 is 6.04 Å². The molecule has 0 spiro atoms. The summed E-state index contributed by atoms with van der Waals surface area (Å²) in [5.41, 5.74) is 0.704. The zero-order valence-electron chi connectivity index (χ0n) is 14.3. The lowest BCUT2D eigenvalue weighted by Crippen LogP contribution is -2.61. The number of amides is 3. The van der Waals surface area contributed by atoms with Gasteiger partial charge in [-0.2, -0.15) is 0 Å². The smallest absolute Gasteiger partial charge is 0.318 e. The highest BCUT2D eigenvalue weighted by Gasteiger charge is 2.36. The summed E-state index contributed by atoms with van der Waals surface area (Å²) in [6, 6.07) is 3.91. The molecule has 5 nitrogen and oxygen atoms in total. The second kappa shape index (κ2) is 6.18. The lowest BCUT2D eigenvalue weighted by atomic mass is 10.1. The number of benzene rings is 1. The minimum Gasteiger partial charge on any atom is -0.333 e. The lowest BCUT2D eigenvalue weighted by molar-refractivity contribution is -0.124. The first-order valence-electron chi connectivity index (χ1n) is 7.76. The molecule has 1 aliphatic rings. The molecule has 1 fully saturated rings. The van der Waals surface area contributed by atoms with Crippen molar-refractivity contribution in [3.05, 3.63) is 29.6 Å². The number of nitrogens with one attached hydrogen (secondary N) is 1. The molecule has 0 saturated carbocycles. The van der Waals surface area contributed by atoms with E-state index in [0.29, 0.717) is 24.3 Å². The van der Waals surface area contributed by atoms with Crippen LogP contribution in [0.5, 0.6) is 0 Å². The highest BCUT2D eigenvalue weighted by molar-refractivity contribution is 6.00. The van der Waals surface area contributed by atoms with E-state index >= 15 is 0 Å². The molecule has 6 heteroatoms. The molecule has 126 valence electrons. The van der Waals surface area contributed by atoms with Crippen LogP contribution in [0.15, 0.2) is 18.2 Å². The van der Waals surface area contributed by atoms with Crippen LogP contribution < -0.4 is 10.2 Å². The minimum atomic E-state index is -0.588. The normalized spacial score (nSPS) is 19.0. The molecule has 1 aliphatic heterocycles. The number of aryl methyl sites for hydroxylation is 1. The number of hydrogen-bond donors (Lipinski definition) is 1. The summed E-state index contributed by atoms with van der Waals surface area (Å²) in [4.78, 5) is 27.9. The molecule has 1 atom stereocenters. The van der Waals surface area contributed by atoms with E-state index in [4.69, 9.17) is 0 Å².